The van der Waals surface area contributed by atoms with Crippen LogP contribution in [0.4, 0.5) is 0 Å². The fourth-order valence-electron chi connectivity index (χ4n) is 2.22. The highest BCUT2D eigenvalue weighted by atomic mass is 16.5. The van der Waals surface area contributed by atoms with Crippen molar-refractivity contribution in [3.8, 4) is 34.5 Å². The molecule has 0 radical (unpaired) electrons. The van der Waals surface area contributed by atoms with Crippen LogP contribution < -0.4 is 14.8 Å². The van der Waals surface area contributed by atoms with E-state index in [0.717, 1.165) is 5.56 Å². The van der Waals surface area contributed by atoms with Crippen LogP contribution in [-0.4, -0.2) is 30.3 Å². The molecule has 2 heterocycles. The second-order valence-corrected chi connectivity index (χ2v) is 5.17. The van der Waals surface area contributed by atoms with Crippen molar-refractivity contribution in [3.05, 3.63) is 36.1 Å². The van der Waals surface area contributed by atoms with Gasteiger partial charge in [0.15, 0.2) is 17.3 Å². The summed E-state index contributed by atoms with van der Waals surface area (Å²) < 4.78 is 21.3. The lowest BCUT2D eigenvalue weighted by atomic mass is 10.2. The molecule has 3 aromatic rings. The van der Waals surface area contributed by atoms with E-state index in [1.54, 1.807) is 44.6 Å². The standard InChI is InChI=1S/C17H17N3O5/c1-10(21)18-9-12-5-7-14(24-12)17-19-16(20-25-17)11-4-6-13(22-2)15(8-11)23-3/h4-8H,9H2,1-3H3,(H,18,21). The third-order valence-electron chi connectivity index (χ3n) is 3.45. The number of aromatic nitrogens is 2. The van der Waals surface area contributed by atoms with Crippen molar-refractivity contribution in [2.75, 3.05) is 14.2 Å². The van der Waals surface area contributed by atoms with Gasteiger partial charge in [0, 0.05) is 12.5 Å². The van der Waals surface area contributed by atoms with Crippen LogP contribution in [0.5, 0.6) is 11.5 Å². The number of benzene rings is 1. The lowest BCUT2D eigenvalue weighted by Crippen LogP contribution is -2.18. The Balaban J connectivity index is 1.82. The van der Waals surface area contributed by atoms with E-state index >= 15 is 0 Å². The van der Waals surface area contributed by atoms with Crippen LogP contribution in [0.2, 0.25) is 0 Å². The quantitative estimate of drug-likeness (QED) is 0.734. The first kappa shape index (κ1) is 16.6. The van der Waals surface area contributed by atoms with E-state index in [1.165, 1.54) is 6.92 Å². The van der Waals surface area contributed by atoms with E-state index in [1.807, 2.05) is 0 Å². The predicted molar refractivity (Wildman–Crippen MR) is 88.1 cm³/mol. The van der Waals surface area contributed by atoms with Crippen molar-refractivity contribution >= 4 is 5.91 Å². The van der Waals surface area contributed by atoms with E-state index in [9.17, 15) is 4.79 Å². The largest absolute Gasteiger partial charge is 0.493 e. The van der Waals surface area contributed by atoms with Crippen molar-refractivity contribution in [2.24, 2.45) is 0 Å². The smallest absolute Gasteiger partial charge is 0.293 e. The van der Waals surface area contributed by atoms with Gasteiger partial charge < -0.3 is 23.7 Å². The van der Waals surface area contributed by atoms with Crippen molar-refractivity contribution in [1.29, 1.82) is 0 Å². The number of rotatable bonds is 6. The van der Waals surface area contributed by atoms with E-state index in [4.69, 9.17) is 18.4 Å². The number of carbonyl (C=O) groups excluding carboxylic acids is 1. The molecule has 0 bridgehead atoms. The van der Waals surface area contributed by atoms with Crippen LogP contribution in [0.25, 0.3) is 23.0 Å². The van der Waals surface area contributed by atoms with Crippen LogP contribution in [0.15, 0.2) is 39.3 Å². The molecule has 0 saturated carbocycles. The summed E-state index contributed by atoms with van der Waals surface area (Å²) in [4.78, 5) is 15.3. The summed E-state index contributed by atoms with van der Waals surface area (Å²) in [6.07, 6.45) is 0. The molecule has 0 atom stereocenters. The maximum atomic E-state index is 10.9. The Bertz CT molecular complexity index is 884. The summed E-state index contributed by atoms with van der Waals surface area (Å²) in [7, 11) is 3.13. The highest BCUT2D eigenvalue weighted by Crippen LogP contribution is 2.32. The number of hydrogen-bond acceptors (Lipinski definition) is 7. The van der Waals surface area contributed by atoms with Gasteiger partial charge in [-0.15, -0.1) is 0 Å². The molecule has 1 N–H and O–H groups in total. The molecule has 3 rings (SSSR count). The second-order valence-electron chi connectivity index (χ2n) is 5.17. The zero-order chi connectivity index (χ0) is 17.8. The maximum Gasteiger partial charge on any atom is 0.293 e. The molecule has 0 fully saturated rings. The molecular weight excluding hydrogens is 326 g/mol. The van der Waals surface area contributed by atoms with Gasteiger partial charge in [0.1, 0.15) is 5.76 Å². The third-order valence-corrected chi connectivity index (χ3v) is 3.45. The number of nitrogens with zero attached hydrogens (tertiary/aromatic N) is 2. The summed E-state index contributed by atoms with van der Waals surface area (Å²) in [5, 5.41) is 6.62. The first-order chi connectivity index (χ1) is 12.1. The first-order valence-corrected chi connectivity index (χ1v) is 7.50. The Morgan fingerprint density at radius 1 is 1.16 bits per heavy atom. The molecule has 0 unspecified atom stereocenters. The fraction of sp³-hybridized carbons (Fsp3) is 0.235. The Morgan fingerprint density at radius 2 is 1.96 bits per heavy atom. The van der Waals surface area contributed by atoms with Crippen LogP contribution in [0, 0.1) is 0 Å². The van der Waals surface area contributed by atoms with Crippen LogP contribution in [-0.2, 0) is 11.3 Å². The summed E-state index contributed by atoms with van der Waals surface area (Å²) >= 11 is 0. The Morgan fingerprint density at radius 3 is 2.68 bits per heavy atom. The minimum atomic E-state index is -0.133. The van der Waals surface area contributed by atoms with Crippen LogP contribution >= 0.6 is 0 Å². The van der Waals surface area contributed by atoms with Gasteiger partial charge in [-0.05, 0) is 30.3 Å². The third kappa shape index (κ3) is 3.63. The van der Waals surface area contributed by atoms with E-state index in [0.29, 0.717) is 35.4 Å². The molecule has 1 amide bonds. The number of carbonyl (C=O) groups is 1. The SMILES string of the molecule is COc1ccc(-c2noc(-c3ccc(CNC(C)=O)o3)n2)cc1OC. The van der Waals surface area contributed by atoms with E-state index in [2.05, 4.69) is 15.5 Å². The van der Waals surface area contributed by atoms with Crippen LogP contribution in [0.3, 0.4) is 0 Å². The first-order valence-electron chi connectivity index (χ1n) is 7.50. The number of furan rings is 1. The number of nitrogens with one attached hydrogen (secondary N) is 1. The van der Waals surface area contributed by atoms with Crippen LogP contribution in [0.1, 0.15) is 12.7 Å². The summed E-state index contributed by atoms with van der Waals surface area (Å²) in [6, 6.07) is 8.79. The van der Waals surface area contributed by atoms with Gasteiger partial charge in [-0.3, -0.25) is 4.79 Å². The lowest BCUT2D eigenvalue weighted by molar-refractivity contribution is -0.119. The minimum absolute atomic E-state index is 0.133. The van der Waals surface area contributed by atoms with Crippen molar-refractivity contribution < 1.29 is 23.2 Å². The Kier molecular flexibility index (Phi) is 4.69. The van der Waals surface area contributed by atoms with Gasteiger partial charge in [0.25, 0.3) is 5.89 Å². The molecule has 25 heavy (non-hydrogen) atoms. The van der Waals surface area contributed by atoms with Crippen molar-refractivity contribution in [1.82, 2.24) is 15.5 Å². The average molecular weight is 343 g/mol. The minimum Gasteiger partial charge on any atom is -0.493 e. The van der Waals surface area contributed by atoms with E-state index in [-0.39, 0.29) is 11.8 Å². The van der Waals surface area contributed by atoms with Gasteiger partial charge in [-0.1, -0.05) is 5.16 Å². The molecule has 2 aromatic heterocycles. The Hall–Kier alpha value is -3.29. The maximum absolute atomic E-state index is 10.9. The number of methoxy groups -OCH3 is 2. The van der Waals surface area contributed by atoms with Gasteiger partial charge >= 0.3 is 0 Å². The zero-order valence-electron chi connectivity index (χ0n) is 14.0. The number of ether oxygens (including phenoxy) is 2. The predicted octanol–water partition coefficient (Wildman–Crippen LogP) is 2.65. The number of amides is 1. The molecule has 8 heteroatoms. The second kappa shape index (κ2) is 7.08. The van der Waals surface area contributed by atoms with Crippen molar-refractivity contribution in [3.63, 3.8) is 0 Å². The monoisotopic (exact) mass is 343 g/mol. The molecule has 130 valence electrons. The molecule has 0 aliphatic carbocycles. The molecular formula is C17H17N3O5. The van der Waals surface area contributed by atoms with Gasteiger partial charge in [-0.25, -0.2) is 0 Å². The highest BCUT2D eigenvalue weighted by Gasteiger charge is 2.16. The molecule has 0 aliphatic rings. The summed E-state index contributed by atoms with van der Waals surface area (Å²) in [5.41, 5.74) is 0.720. The van der Waals surface area contributed by atoms with E-state index < -0.39 is 0 Å². The summed E-state index contributed by atoms with van der Waals surface area (Å²) in [6.45, 7) is 1.74. The fourth-order valence-corrected chi connectivity index (χ4v) is 2.22. The van der Waals surface area contributed by atoms with Gasteiger partial charge in [-0.2, -0.15) is 4.98 Å². The molecule has 0 aliphatic heterocycles. The molecule has 0 spiro atoms. The normalized spacial score (nSPS) is 10.5. The number of hydrogen-bond donors (Lipinski definition) is 1. The van der Waals surface area contributed by atoms with Gasteiger partial charge in [0.05, 0.1) is 20.8 Å². The lowest BCUT2D eigenvalue weighted by Gasteiger charge is -2.07. The topological polar surface area (TPSA) is 99.6 Å². The zero-order valence-corrected chi connectivity index (χ0v) is 14.0. The Labute approximate surface area is 143 Å². The molecule has 0 saturated heterocycles. The molecule has 1 aromatic carbocycles. The van der Waals surface area contributed by atoms with Crippen molar-refractivity contribution in [2.45, 2.75) is 13.5 Å². The van der Waals surface area contributed by atoms with Gasteiger partial charge in [0.2, 0.25) is 11.7 Å². The average Bonchev–Trinajstić information content (AvgIpc) is 3.28. The highest BCUT2D eigenvalue weighted by molar-refractivity contribution is 5.72. The molecule has 8 nitrogen and oxygen atoms in total. The summed E-state index contributed by atoms with van der Waals surface area (Å²) in [5.74, 6) is 2.72.